The normalized spacial score (nSPS) is 12.1. The van der Waals surface area contributed by atoms with Gasteiger partial charge in [0.05, 0.1) is 0 Å². The molecule has 0 aliphatic carbocycles. The van der Waals surface area contributed by atoms with Gasteiger partial charge in [0.25, 0.3) is 0 Å². The van der Waals surface area contributed by atoms with E-state index in [4.69, 9.17) is 5.11 Å². The minimum Gasteiger partial charge on any atom is -0.367 e. The van der Waals surface area contributed by atoms with Crippen LogP contribution in [0.1, 0.15) is 0 Å². The molecule has 0 aromatic carbocycles. The molecule has 0 fully saturated rings. The van der Waals surface area contributed by atoms with Gasteiger partial charge in [-0.1, -0.05) is 0 Å². The number of urea groups is 1. The molecule has 2 amide bonds. The van der Waals surface area contributed by atoms with Crippen molar-refractivity contribution < 1.29 is 14.7 Å². The molecule has 0 aliphatic rings. The monoisotopic (exact) mass is 118 g/mol. The molecular formula is C3H6N2O3. The first-order valence-corrected chi connectivity index (χ1v) is 1.86. The zero-order chi connectivity index (χ0) is 6.57. The Labute approximate surface area is 45.5 Å². The lowest BCUT2D eigenvalue weighted by Gasteiger charge is -1.99. The smallest absolute Gasteiger partial charge is 0.314 e. The molecule has 0 aliphatic heterocycles. The lowest BCUT2D eigenvalue weighted by atomic mass is 10.6. The molecule has 0 aromatic heterocycles. The summed E-state index contributed by atoms with van der Waals surface area (Å²) in [5, 5.41) is 9.97. The highest BCUT2D eigenvalue weighted by atomic mass is 16.3. The third-order valence-electron chi connectivity index (χ3n) is 0.419. The van der Waals surface area contributed by atoms with Gasteiger partial charge < -0.3 is 16.2 Å². The largest absolute Gasteiger partial charge is 0.367 e. The van der Waals surface area contributed by atoms with E-state index >= 15 is 0 Å². The van der Waals surface area contributed by atoms with E-state index in [2.05, 4.69) is 5.73 Å². The molecule has 5 heteroatoms. The quantitative estimate of drug-likeness (QED) is 0.294. The molecule has 0 radical (unpaired) electrons. The summed E-state index contributed by atoms with van der Waals surface area (Å²) in [7, 11) is 0. The molecule has 5 nitrogen and oxygen atoms in total. The molecule has 8 heavy (non-hydrogen) atoms. The lowest BCUT2D eigenvalue weighted by Crippen LogP contribution is -2.39. The van der Waals surface area contributed by atoms with Gasteiger partial charge in [0.1, 0.15) is 0 Å². The van der Waals surface area contributed by atoms with Gasteiger partial charge in [0, 0.05) is 0 Å². The van der Waals surface area contributed by atoms with Gasteiger partial charge in [0.2, 0.25) is 0 Å². The van der Waals surface area contributed by atoms with Crippen molar-refractivity contribution in [3.8, 4) is 0 Å². The zero-order valence-electron chi connectivity index (χ0n) is 4.00. The first-order valence-electron chi connectivity index (χ1n) is 1.86. The molecule has 4 N–H and O–H groups in total. The van der Waals surface area contributed by atoms with Gasteiger partial charge in [-0.3, -0.25) is 4.79 Å². The van der Waals surface area contributed by atoms with E-state index in [1.165, 1.54) is 0 Å². The second-order valence-corrected chi connectivity index (χ2v) is 1.09. The van der Waals surface area contributed by atoms with E-state index in [9.17, 15) is 9.59 Å². The average molecular weight is 118 g/mol. The van der Waals surface area contributed by atoms with Crippen LogP contribution >= 0.6 is 0 Å². The lowest BCUT2D eigenvalue weighted by molar-refractivity contribution is -0.115. The van der Waals surface area contributed by atoms with E-state index in [1.807, 2.05) is 0 Å². The maximum absolute atomic E-state index is 9.76. The van der Waals surface area contributed by atoms with E-state index in [0.717, 1.165) is 0 Å². The van der Waals surface area contributed by atoms with Crippen molar-refractivity contribution in [3.05, 3.63) is 0 Å². The summed E-state index contributed by atoms with van der Waals surface area (Å²) in [6.45, 7) is 0. The molecule has 1 unspecified atom stereocenters. The molecule has 0 bridgehead atoms. The first kappa shape index (κ1) is 6.90. The number of nitrogens with one attached hydrogen (secondary N) is 1. The van der Waals surface area contributed by atoms with Crippen LogP contribution in [0.2, 0.25) is 0 Å². The van der Waals surface area contributed by atoms with E-state index in [1.54, 1.807) is 5.32 Å². The molecule has 0 aromatic rings. The summed E-state index contributed by atoms with van der Waals surface area (Å²) >= 11 is 0. The fraction of sp³-hybridized carbons (Fsp3) is 0.333. The third kappa shape index (κ3) is 3.10. The number of carbonyl (C=O) groups is 2. The van der Waals surface area contributed by atoms with E-state index in [0.29, 0.717) is 0 Å². The number of amides is 2. The van der Waals surface area contributed by atoms with Crippen LogP contribution in [0.4, 0.5) is 4.79 Å². The summed E-state index contributed by atoms with van der Waals surface area (Å²) < 4.78 is 0. The SMILES string of the molecule is NC(=O)NC(O)C=O. The summed E-state index contributed by atoms with van der Waals surface area (Å²) in [5.74, 6) is 0. The molecule has 0 saturated heterocycles. The number of hydrogen-bond donors (Lipinski definition) is 3. The van der Waals surface area contributed by atoms with Crippen LogP contribution in [0, 0.1) is 0 Å². The minimum atomic E-state index is -1.48. The zero-order valence-corrected chi connectivity index (χ0v) is 4.00. The van der Waals surface area contributed by atoms with Crippen molar-refractivity contribution in [2.24, 2.45) is 5.73 Å². The molecule has 0 heterocycles. The van der Waals surface area contributed by atoms with Crippen molar-refractivity contribution in [1.29, 1.82) is 0 Å². The second kappa shape index (κ2) is 2.98. The van der Waals surface area contributed by atoms with Crippen molar-refractivity contribution >= 4 is 12.3 Å². The summed E-state index contributed by atoms with van der Waals surface area (Å²) in [6, 6.07) is -0.926. The Morgan fingerprint density at radius 3 is 2.50 bits per heavy atom. The van der Waals surface area contributed by atoms with Gasteiger partial charge in [-0.05, 0) is 0 Å². The highest BCUT2D eigenvalue weighted by molar-refractivity contribution is 5.75. The summed E-state index contributed by atoms with van der Waals surface area (Å²) in [4.78, 5) is 19.3. The average Bonchev–Trinajstić information content (AvgIpc) is 1.65. The fourth-order valence-corrected chi connectivity index (χ4v) is 0.180. The number of carbonyl (C=O) groups excluding carboxylic acids is 2. The number of nitrogens with two attached hydrogens (primary N) is 1. The maximum atomic E-state index is 9.76. The Kier molecular flexibility index (Phi) is 2.57. The van der Waals surface area contributed by atoms with Gasteiger partial charge in [-0.25, -0.2) is 4.79 Å². The Balaban J connectivity index is 3.38. The first-order chi connectivity index (χ1) is 3.66. The van der Waals surface area contributed by atoms with Crippen LogP contribution < -0.4 is 11.1 Å². The number of rotatable bonds is 2. The maximum Gasteiger partial charge on any atom is 0.314 e. The number of aldehydes is 1. The van der Waals surface area contributed by atoms with Crippen LogP contribution in [0.15, 0.2) is 0 Å². The molecule has 46 valence electrons. The predicted molar refractivity (Wildman–Crippen MR) is 24.8 cm³/mol. The number of aliphatic hydroxyl groups excluding tert-OH is 1. The van der Waals surface area contributed by atoms with Crippen molar-refractivity contribution in [2.75, 3.05) is 0 Å². The Bertz CT molecular complexity index is 103. The van der Waals surface area contributed by atoms with Gasteiger partial charge in [-0.2, -0.15) is 0 Å². The van der Waals surface area contributed by atoms with Crippen LogP contribution in [0.25, 0.3) is 0 Å². The Hall–Kier alpha value is -1.10. The summed E-state index contributed by atoms with van der Waals surface area (Å²) in [5.41, 5.74) is 4.50. The van der Waals surface area contributed by atoms with Gasteiger partial charge in [-0.15, -0.1) is 0 Å². The van der Waals surface area contributed by atoms with Crippen LogP contribution in [0.5, 0.6) is 0 Å². The fourth-order valence-electron chi connectivity index (χ4n) is 0.180. The van der Waals surface area contributed by atoms with Gasteiger partial charge >= 0.3 is 6.03 Å². The van der Waals surface area contributed by atoms with Crippen molar-refractivity contribution in [2.45, 2.75) is 6.23 Å². The molecule has 0 rings (SSSR count). The number of aliphatic hydroxyl groups is 1. The number of hydrogen-bond acceptors (Lipinski definition) is 3. The third-order valence-corrected chi connectivity index (χ3v) is 0.419. The van der Waals surface area contributed by atoms with Crippen LogP contribution in [0.3, 0.4) is 0 Å². The van der Waals surface area contributed by atoms with Crippen molar-refractivity contribution in [1.82, 2.24) is 5.32 Å². The molecular weight excluding hydrogens is 112 g/mol. The minimum absolute atomic E-state index is 0.157. The topological polar surface area (TPSA) is 92.4 Å². The predicted octanol–water partition coefficient (Wildman–Crippen LogP) is -1.83. The van der Waals surface area contributed by atoms with Gasteiger partial charge in [0.15, 0.2) is 12.5 Å². The number of primary amides is 1. The standard InChI is InChI=1S/C3H6N2O3/c4-3(8)5-2(7)1-6/h1-2,7H,(H3,4,5,8). The second-order valence-electron chi connectivity index (χ2n) is 1.09. The Morgan fingerprint density at radius 1 is 1.88 bits per heavy atom. The van der Waals surface area contributed by atoms with Crippen LogP contribution in [-0.4, -0.2) is 23.7 Å². The molecule has 0 saturated carbocycles. The molecule has 0 spiro atoms. The highest BCUT2D eigenvalue weighted by Gasteiger charge is 1.99. The summed E-state index contributed by atoms with van der Waals surface area (Å²) in [6.07, 6.45) is -1.32. The van der Waals surface area contributed by atoms with E-state index < -0.39 is 12.3 Å². The van der Waals surface area contributed by atoms with E-state index in [-0.39, 0.29) is 6.29 Å². The van der Waals surface area contributed by atoms with Crippen molar-refractivity contribution in [3.63, 3.8) is 0 Å². The highest BCUT2D eigenvalue weighted by Crippen LogP contribution is 1.63. The molecule has 1 atom stereocenters. The Morgan fingerprint density at radius 2 is 2.38 bits per heavy atom. The van der Waals surface area contributed by atoms with Crippen LogP contribution in [-0.2, 0) is 4.79 Å².